The molecule has 98 valence electrons. The van der Waals surface area contributed by atoms with Crippen LogP contribution in [0.4, 0.5) is 0 Å². The summed E-state index contributed by atoms with van der Waals surface area (Å²) in [5.41, 5.74) is -0.437. The second kappa shape index (κ2) is 5.49. The zero-order chi connectivity index (χ0) is 13.1. The molecular weight excluding hydrogens is 220 g/mol. The first-order valence-electron chi connectivity index (χ1n) is 6.11. The molecule has 5 nitrogen and oxygen atoms in total. The van der Waals surface area contributed by atoms with Gasteiger partial charge in [-0.3, -0.25) is 4.79 Å². The Balaban J connectivity index is 2.66. The van der Waals surface area contributed by atoms with Gasteiger partial charge >= 0.3 is 5.97 Å². The first-order chi connectivity index (χ1) is 7.87. The molecule has 0 bridgehead atoms. The minimum atomic E-state index is -0.967. The number of hydrogen-bond acceptors (Lipinski definition) is 3. The minimum absolute atomic E-state index is 0.109. The van der Waals surface area contributed by atoms with Gasteiger partial charge in [-0.05, 0) is 31.8 Å². The maximum Gasteiger partial charge on any atom is 0.326 e. The van der Waals surface area contributed by atoms with Crippen molar-refractivity contribution in [3.05, 3.63) is 0 Å². The molecule has 3 N–H and O–H groups in total. The van der Waals surface area contributed by atoms with Crippen molar-refractivity contribution in [2.75, 3.05) is 13.1 Å². The number of carboxylic acid groups (broad SMARTS) is 1. The van der Waals surface area contributed by atoms with E-state index in [0.717, 1.165) is 25.9 Å². The van der Waals surface area contributed by atoms with Crippen LogP contribution in [0.25, 0.3) is 0 Å². The number of aliphatic carboxylic acids is 1. The summed E-state index contributed by atoms with van der Waals surface area (Å²) in [6.45, 7) is 7.11. The Morgan fingerprint density at radius 2 is 1.82 bits per heavy atom. The molecule has 0 saturated carbocycles. The largest absolute Gasteiger partial charge is 0.480 e. The van der Waals surface area contributed by atoms with Gasteiger partial charge in [-0.15, -0.1) is 0 Å². The molecule has 1 rings (SSSR count). The maximum atomic E-state index is 12.1. The molecule has 0 aromatic heterocycles. The Labute approximate surface area is 102 Å². The maximum absolute atomic E-state index is 12.1. The SMILES string of the molecule is CC(C)C(NC(=O)C1(C)CCNCC1)C(=O)O. The van der Waals surface area contributed by atoms with Crippen molar-refractivity contribution in [2.45, 2.75) is 39.7 Å². The molecular formula is C12H22N2O3. The highest BCUT2D eigenvalue weighted by Crippen LogP contribution is 2.28. The van der Waals surface area contributed by atoms with Crippen LogP contribution in [-0.2, 0) is 9.59 Å². The van der Waals surface area contributed by atoms with Gasteiger partial charge in [0.2, 0.25) is 5.91 Å². The van der Waals surface area contributed by atoms with Crippen LogP contribution in [0.1, 0.15) is 33.6 Å². The third kappa shape index (κ3) is 3.43. The van der Waals surface area contributed by atoms with Gasteiger partial charge in [-0.1, -0.05) is 20.8 Å². The molecule has 17 heavy (non-hydrogen) atoms. The highest BCUT2D eigenvalue weighted by atomic mass is 16.4. The Morgan fingerprint density at radius 3 is 2.24 bits per heavy atom. The van der Waals surface area contributed by atoms with Crippen molar-refractivity contribution in [1.29, 1.82) is 0 Å². The van der Waals surface area contributed by atoms with Gasteiger partial charge in [0.05, 0.1) is 0 Å². The molecule has 1 atom stereocenters. The average Bonchev–Trinajstić information content (AvgIpc) is 2.25. The first kappa shape index (κ1) is 14.0. The predicted octanol–water partition coefficient (Wildman–Crippen LogP) is 0.601. The molecule has 0 aliphatic carbocycles. The van der Waals surface area contributed by atoms with Crippen LogP contribution in [0.2, 0.25) is 0 Å². The van der Waals surface area contributed by atoms with E-state index in [1.807, 2.05) is 6.92 Å². The molecule has 1 aliphatic heterocycles. The number of carbonyl (C=O) groups excluding carboxylic acids is 1. The summed E-state index contributed by atoms with van der Waals surface area (Å²) in [7, 11) is 0. The summed E-state index contributed by atoms with van der Waals surface area (Å²) in [5, 5.41) is 14.9. The normalized spacial score (nSPS) is 20.9. The topological polar surface area (TPSA) is 78.4 Å². The Bertz CT molecular complexity index is 296. The van der Waals surface area contributed by atoms with Crippen LogP contribution in [0.5, 0.6) is 0 Å². The predicted molar refractivity (Wildman–Crippen MR) is 64.6 cm³/mol. The van der Waals surface area contributed by atoms with Gasteiger partial charge in [0.1, 0.15) is 6.04 Å². The van der Waals surface area contributed by atoms with Crippen molar-refractivity contribution in [2.24, 2.45) is 11.3 Å². The lowest BCUT2D eigenvalue weighted by molar-refractivity contribution is -0.145. The standard InChI is InChI=1S/C12H22N2O3/c1-8(2)9(10(15)16)14-11(17)12(3)4-6-13-7-5-12/h8-9,13H,4-7H2,1-3H3,(H,14,17)(H,15,16). The van der Waals surface area contributed by atoms with E-state index in [4.69, 9.17) is 5.11 Å². The van der Waals surface area contributed by atoms with Crippen LogP contribution in [0.3, 0.4) is 0 Å². The highest BCUT2D eigenvalue weighted by molar-refractivity contribution is 5.87. The molecule has 1 amide bonds. The van der Waals surface area contributed by atoms with E-state index < -0.39 is 17.4 Å². The van der Waals surface area contributed by atoms with Gasteiger partial charge in [-0.2, -0.15) is 0 Å². The molecule has 1 unspecified atom stereocenters. The Morgan fingerprint density at radius 1 is 1.29 bits per heavy atom. The zero-order valence-corrected chi connectivity index (χ0v) is 10.7. The fourth-order valence-corrected chi connectivity index (χ4v) is 2.03. The van der Waals surface area contributed by atoms with Crippen molar-refractivity contribution in [1.82, 2.24) is 10.6 Å². The van der Waals surface area contributed by atoms with E-state index in [0.29, 0.717) is 0 Å². The second-order valence-electron chi connectivity index (χ2n) is 5.34. The number of piperidine rings is 1. The number of carboxylic acids is 1. The van der Waals surface area contributed by atoms with Crippen molar-refractivity contribution in [3.63, 3.8) is 0 Å². The minimum Gasteiger partial charge on any atom is -0.480 e. The molecule has 0 aromatic carbocycles. The van der Waals surface area contributed by atoms with Gasteiger partial charge in [0.15, 0.2) is 0 Å². The molecule has 1 saturated heterocycles. The van der Waals surface area contributed by atoms with Crippen molar-refractivity contribution >= 4 is 11.9 Å². The number of hydrogen-bond donors (Lipinski definition) is 3. The molecule has 0 radical (unpaired) electrons. The lowest BCUT2D eigenvalue weighted by Gasteiger charge is -2.34. The Hall–Kier alpha value is -1.10. The molecule has 1 aliphatic rings. The Kier molecular flexibility index (Phi) is 4.51. The molecule has 0 aromatic rings. The fourth-order valence-electron chi connectivity index (χ4n) is 2.03. The van der Waals surface area contributed by atoms with Gasteiger partial charge in [0, 0.05) is 5.41 Å². The van der Waals surface area contributed by atoms with E-state index in [1.165, 1.54) is 0 Å². The fraction of sp³-hybridized carbons (Fsp3) is 0.833. The van der Waals surface area contributed by atoms with Crippen LogP contribution < -0.4 is 10.6 Å². The van der Waals surface area contributed by atoms with Crippen LogP contribution >= 0.6 is 0 Å². The quantitative estimate of drug-likeness (QED) is 0.674. The molecule has 0 spiro atoms. The summed E-state index contributed by atoms with van der Waals surface area (Å²) >= 11 is 0. The number of rotatable bonds is 4. The van der Waals surface area contributed by atoms with Crippen LogP contribution in [-0.4, -0.2) is 36.1 Å². The van der Waals surface area contributed by atoms with E-state index in [9.17, 15) is 9.59 Å². The number of carbonyl (C=O) groups is 2. The number of amides is 1. The first-order valence-corrected chi connectivity index (χ1v) is 6.11. The zero-order valence-electron chi connectivity index (χ0n) is 10.7. The van der Waals surface area contributed by atoms with E-state index in [-0.39, 0.29) is 11.8 Å². The lowest BCUT2D eigenvalue weighted by Crippen LogP contribution is -2.52. The second-order valence-corrected chi connectivity index (χ2v) is 5.34. The monoisotopic (exact) mass is 242 g/mol. The summed E-state index contributed by atoms with van der Waals surface area (Å²) in [4.78, 5) is 23.2. The summed E-state index contributed by atoms with van der Waals surface area (Å²) < 4.78 is 0. The van der Waals surface area contributed by atoms with Crippen molar-refractivity contribution in [3.8, 4) is 0 Å². The highest BCUT2D eigenvalue weighted by Gasteiger charge is 2.37. The van der Waals surface area contributed by atoms with Gasteiger partial charge in [0.25, 0.3) is 0 Å². The summed E-state index contributed by atoms with van der Waals surface area (Å²) in [5.74, 6) is -1.22. The smallest absolute Gasteiger partial charge is 0.326 e. The van der Waals surface area contributed by atoms with Crippen molar-refractivity contribution < 1.29 is 14.7 Å². The molecule has 1 heterocycles. The van der Waals surface area contributed by atoms with E-state index in [1.54, 1.807) is 13.8 Å². The molecule has 5 heteroatoms. The molecule has 1 fully saturated rings. The summed E-state index contributed by atoms with van der Waals surface area (Å²) in [6, 6.07) is -0.797. The number of nitrogens with one attached hydrogen (secondary N) is 2. The van der Waals surface area contributed by atoms with Crippen LogP contribution in [0, 0.1) is 11.3 Å². The third-order valence-corrected chi connectivity index (χ3v) is 3.47. The van der Waals surface area contributed by atoms with Gasteiger partial charge in [-0.25, -0.2) is 4.79 Å². The average molecular weight is 242 g/mol. The lowest BCUT2D eigenvalue weighted by atomic mass is 9.80. The summed E-state index contributed by atoms with van der Waals surface area (Å²) in [6.07, 6.45) is 1.51. The van der Waals surface area contributed by atoms with E-state index >= 15 is 0 Å². The third-order valence-electron chi connectivity index (χ3n) is 3.47. The van der Waals surface area contributed by atoms with E-state index in [2.05, 4.69) is 10.6 Å². The van der Waals surface area contributed by atoms with Gasteiger partial charge < -0.3 is 15.7 Å². The van der Waals surface area contributed by atoms with Crippen LogP contribution in [0.15, 0.2) is 0 Å².